The van der Waals surface area contributed by atoms with Gasteiger partial charge < -0.3 is 5.11 Å². The fourth-order valence-corrected chi connectivity index (χ4v) is 2.56. The van der Waals surface area contributed by atoms with Crippen molar-refractivity contribution < 1.29 is 9.90 Å². The van der Waals surface area contributed by atoms with Crippen molar-refractivity contribution >= 4 is 5.97 Å². The topological polar surface area (TPSA) is 43.8 Å². The van der Waals surface area contributed by atoms with Gasteiger partial charge in [-0.05, 0) is 25.7 Å². The molecule has 2 saturated heterocycles. The van der Waals surface area contributed by atoms with Crippen LogP contribution >= 0.6 is 0 Å². The fraction of sp³-hybridized carbons (Fsp3) is 0.909. The van der Waals surface area contributed by atoms with Gasteiger partial charge in [0.05, 0.1) is 5.92 Å². The second-order valence-electron chi connectivity index (χ2n) is 4.58. The van der Waals surface area contributed by atoms with Crippen LogP contribution in [0.3, 0.4) is 0 Å². The Kier molecular flexibility index (Phi) is 3.59. The number of carboxylic acids is 1. The molecule has 1 N–H and O–H groups in total. The van der Waals surface area contributed by atoms with Gasteiger partial charge in [0.25, 0.3) is 0 Å². The Morgan fingerprint density at radius 3 is 2.00 bits per heavy atom. The van der Waals surface area contributed by atoms with Gasteiger partial charge >= 0.3 is 5.97 Å². The van der Waals surface area contributed by atoms with Gasteiger partial charge in [-0.3, -0.25) is 4.79 Å². The quantitative estimate of drug-likeness (QED) is 0.746. The minimum absolute atomic E-state index is 0.106. The SMILES string of the molecule is O=C(O)C1CCN(N2CCCCC2)CC1. The zero-order valence-corrected chi connectivity index (χ0v) is 9.19. The van der Waals surface area contributed by atoms with Gasteiger partial charge in [0.2, 0.25) is 0 Å². The Labute approximate surface area is 90.8 Å². The minimum Gasteiger partial charge on any atom is -0.481 e. The number of rotatable bonds is 2. The van der Waals surface area contributed by atoms with Gasteiger partial charge in [-0.25, -0.2) is 10.0 Å². The predicted octanol–water partition coefficient (Wildman–Crippen LogP) is 1.18. The molecule has 2 aliphatic rings. The normalized spacial score (nSPS) is 26.7. The van der Waals surface area contributed by atoms with Crippen molar-refractivity contribution in [1.82, 2.24) is 10.0 Å². The average Bonchev–Trinajstić information content (AvgIpc) is 2.30. The molecule has 0 aromatic carbocycles. The largest absolute Gasteiger partial charge is 0.481 e. The third-order valence-electron chi connectivity index (χ3n) is 3.55. The van der Waals surface area contributed by atoms with Crippen molar-refractivity contribution in [1.29, 1.82) is 0 Å². The van der Waals surface area contributed by atoms with Crippen molar-refractivity contribution in [2.24, 2.45) is 5.92 Å². The van der Waals surface area contributed by atoms with Gasteiger partial charge in [0, 0.05) is 26.2 Å². The minimum atomic E-state index is -0.617. The predicted molar refractivity (Wildman–Crippen MR) is 57.4 cm³/mol. The molecule has 86 valence electrons. The second-order valence-corrected chi connectivity index (χ2v) is 4.58. The first-order valence-corrected chi connectivity index (χ1v) is 6.00. The first-order chi connectivity index (χ1) is 7.27. The van der Waals surface area contributed by atoms with E-state index >= 15 is 0 Å². The molecule has 0 unspecified atom stereocenters. The van der Waals surface area contributed by atoms with Crippen molar-refractivity contribution in [2.45, 2.75) is 32.1 Å². The molecule has 0 amide bonds. The smallest absolute Gasteiger partial charge is 0.306 e. The highest BCUT2D eigenvalue weighted by atomic mass is 16.4. The highest BCUT2D eigenvalue weighted by molar-refractivity contribution is 5.70. The zero-order chi connectivity index (χ0) is 10.7. The molecule has 4 heteroatoms. The highest BCUT2D eigenvalue weighted by Crippen LogP contribution is 2.21. The first-order valence-electron chi connectivity index (χ1n) is 6.00. The summed E-state index contributed by atoms with van der Waals surface area (Å²) < 4.78 is 0. The van der Waals surface area contributed by atoms with Gasteiger partial charge in [-0.1, -0.05) is 6.42 Å². The molecular weight excluding hydrogens is 192 g/mol. The third kappa shape index (κ3) is 2.69. The lowest BCUT2D eigenvalue weighted by Crippen LogP contribution is -2.49. The molecule has 0 atom stereocenters. The Morgan fingerprint density at radius 2 is 1.47 bits per heavy atom. The monoisotopic (exact) mass is 212 g/mol. The van der Waals surface area contributed by atoms with Crippen LogP contribution in [-0.4, -0.2) is 47.3 Å². The van der Waals surface area contributed by atoms with Crippen LogP contribution in [0.1, 0.15) is 32.1 Å². The summed E-state index contributed by atoms with van der Waals surface area (Å²) in [5.74, 6) is -0.723. The summed E-state index contributed by atoms with van der Waals surface area (Å²) in [4.78, 5) is 10.8. The lowest BCUT2D eigenvalue weighted by molar-refractivity contribution is -0.146. The van der Waals surface area contributed by atoms with E-state index in [0.29, 0.717) is 0 Å². The molecular formula is C11H20N2O2. The molecule has 2 rings (SSSR count). The van der Waals surface area contributed by atoms with E-state index in [1.54, 1.807) is 0 Å². The maximum atomic E-state index is 10.8. The number of piperidine rings is 2. The van der Waals surface area contributed by atoms with Crippen LogP contribution in [0, 0.1) is 5.92 Å². The molecule has 2 fully saturated rings. The standard InChI is InChI=1S/C11H20N2O2/c14-11(15)10-4-8-13(9-5-10)12-6-2-1-3-7-12/h10H,1-9H2,(H,14,15). The number of nitrogens with zero attached hydrogens (tertiary/aromatic N) is 2. The van der Waals surface area contributed by atoms with Gasteiger partial charge in [0.1, 0.15) is 0 Å². The Hall–Kier alpha value is -0.610. The van der Waals surface area contributed by atoms with Crippen LogP contribution in [0.2, 0.25) is 0 Å². The molecule has 2 aliphatic heterocycles. The van der Waals surface area contributed by atoms with E-state index in [1.807, 2.05) is 0 Å². The molecule has 15 heavy (non-hydrogen) atoms. The summed E-state index contributed by atoms with van der Waals surface area (Å²) >= 11 is 0. The van der Waals surface area contributed by atoms with Crippen molar-refractivity contribution in [3.8, 4) is 0 Å². The average molecular weight is 212 g/mol. The van der Waals surface area contributed by atoms with Crippen molar-refractivity contribution in [2.75, 3.05) is 26.2 Å². The van der Waals surface area contributed by atoms with Gasteiger partial charge in [-0.15, -0.1) is 0 Å². The third-order valence-corrected chi connectivity index (χ3v) is 3.55. The van der Waals surface area contributed by atoms with Crippen LogP contribution in [-0.2, 0) is 4.79 Å². The Balaban J connectivity index is 1.79. The number of carboxylic acid groups (broad SMARTS) is 1. The van der Waals surface area contributed by atoms with E-state index in [-0.39, 0.29) is 5.92 Å². The van der Waals surface area contributed by atoms with E-state index < -0.39 is 5.97 Å². The maximum absolute atomic E-state index is 10.8. The van der Waals surface area contributed by atoms with E-state index in [4.69, 9.17) is 5.11 Å². The summed E-state index contributed by atoms with van der Waals surface area (Å²) in [6.45, 7) is 4.18. The van der Waals surface area contributed by atoms with Crippen molar-refractivity contribution in [3.05, 3.63) is 0 Å². The van der Waals surface area contributed by atoms with Crippen molar-refractivity contribution in [3.63, 3.8) is 0 Å². The molecule has 0 saturated carbocycles. The summed E-state index contributed by atoms with van der Waals surface area (Å²) in [6.07, 6.45) is 5.55. The second kappa shape index (κ2) is 4.94. The summed E-state index contributed by atoms with van der Waals surface area (Å²) in [7, 11) is 0. The number of hydrogen-bond donors (Lipinski definition) is 1. The zero-order valence-electron chi connectivity index (χ0n) is 9.19. The van der Waals surface area contributed by atoms with Gasteiger partial charge in [-0.2, -0.15) is 0 Å². The number of hydrazine groups is 1. The van der Waals surface area contributed by atoms with E-state index in [2.05, 4.69) is 10.0 Å². The lowest BCUT2D eigenvalue weighted by Gasteiger charge is -2.40. The van der Waals surface area contributed by atoms with Crippen LogP contribution in [0.25, 0.3) is 0 Å². The molecule has 0 bridgehead atoms. The fourth-order valence-electron chi connectivity index (χ4n) is 2.56. The summed E-state index contributed by atoms with van der Waals surface area (Å²) in [5.41, 5.74) is 0. The molecule has 0 spiro atoms. The van der Waals surface area contributed by atoms with Crippen LogP contribution in [0.5, 0.6) is 0 Å². The number of aliphatic carboxylic acids is 1. The molecule has 2 heterocycles. The van der Waals surface area contributed by atoms with Crippen LogP contribution in [0.4, 0.5) is 0 Å². The van der Waals surface area contributed by atoms with Crippen LogP contribution < -0.4 is 0 Å². The Morgan fingerprint density at radius 1 is 0.933 bits per heavy atom. The highest BCUT2D eigenvalue weighted by Gasteiger charge is 2.27. The Bertz CT molecular complexity index is 219. The molecule has 4 nitrogen and oxygen atoms in total. The van der Waals surface area contributed by atoms with E-state index in [0.717, 1.165) is 39.0 Å². The van der Waals surface area contributed by atoms with Gasteiger partial charge in [0.15, 0.2) is 0 Å². The molecule has 0 aliphatic carbocycles. The maximum Gasteiger partial charge on any atom is 0.306 e. The number of carbonyl (C=O) groups is 1. The van der Waals surface area contributed by atoms with E-state index in [9.17, 15) is 4.79 Å². The molecule has 0 aromatic rings. The first kappa shape index (κ1) is 10.9. The lowest BCUT2D eigenvalue weighted by atomic mass is 9.98. The summed E-state index contributed by atoms with van der Waals surface area (Å²) in [6, 6.07) is 0. The molecule has 0 aromatic heterocycles. The van der Waals surface area contributed by atoms with Crippen LogP contribution in [0.15, 0.2) is 0 Å². The number of hydrogen-bond acceptors (Lipinski definition) is 3. The van der Waals surface area contributed by atoms with E-state index in [1.165, 1.54) is 19.3 Å². The summed E-state index contributed by atoms with van der Waals surface area (Å²) in [5, 5.41) is 13.7. The molecule has 0 radical (unpaired) electrons.